The molecule has 1 aromatic rings. The van der Waals surface area contributed by atoms with Crippen LogP contribution < -0.4 is 4.90 Å². The van der Waals surface area contributed by atoms with Crippen LogP contribution in [0, 0.1) is 19.3 Å². The number of amides is 1. The summed E-state index contributed by atoms with van der Waals surface area (Å²) in [5.41, 5.74) is 2.57. The van der Waals surface area contributed by atoms with E-state index >= 15 is 0 Å². The van der Waals surface area contributed by atoms with Crippen molar-refractivity contribution in [1.29, 1.82) is 0 Å². The Balaban J connectivity index is 1.54. The SMILES string of the molecule is Cc1nc(C(=O)N2CCCC3(CC2)CC3)nc(N2CC[C@@H](N(C)C)C2)c1C. The van der Waals surface area contributed by atoms with Gasteiger partial charge in [0.15, 0.2) is 0 Å². The number of nitrogens with zero attached hydrogens (tertiary/aromatic N) is 5. The lowest BCUT2D eigenvalue weighted by molar-refractivity contribution is 0.0747. The molecular weight excluding hydrogens is 338 g/mol. The number of likely N-dealkylation sites (N-methyl/N-ethyl adjacent to an activating group) is 1. The molecule has 1 aromatic heterocycles. The van der Waals surface area contributed by atoms with Crippen LogP contribution in [0.5, 0.6) is 0 Å². The van der Waals surface area contributed by atoms with Crippen LogP contribution in [0.3, 0.4) is 0 Å². The number of carbonyl (C=O) groups excluding carboxylic acids is 1. The van der Waals surface area contributed by atoms with E-state index in [1.165, 1.54) is 19.3 Å². The van der Waals surface area contributed by atoms with Gasteiger partial charge < -0.3 is 14.7 Å². The molecule has 0 radical (unpaired) electrons. The van der Waals surface area contributed by atoms with Crippen molar-refractivity contribution < 1.29 is 4.79 Å². The number of anilines is 1. The summed E-state index contributed by atoms with van der Waals surface area (Å²) < 4.78 is 0. The lowest BCUT2D eigenvalue weighted by atomic mass is 9.98. The zero-order chi connectivity index (χ0) is 19.2. The molecule has 4 rings (SSSR count). The molecule has 3 aliphatic rings. The van der Waals surface area contributed by atoms with Crippen molar-refractivity contribution in [3.63, 3.8) is 0 Å². The van der Waals surface area contributed by atoms with Crippen LogP contribution in [-0.2, 0) is 0 Å². The van der Waals surface area contributed by atoms with Gasteiger partial charge >= 0.3 is 0 Å². The van der Waals surface area contributed by atoms with Crippen molar-refractivity contribution in [2.75, 3.05) is 45.2 Å². The highest BCUT2D eigenvalue weighted by Gasteiger charge is 2.43. The maximum atomic E-state index is 13.2. The molecule has 148 valence electrons. The average molecular weight is 372 g/mol. The fourth-order valence-corrected chi connectivity index (χ4v) is 4.65. The number of carbonyl (C=O) groups is 1. The first-order valence-corrected chi connectivity index (χ1v) is 10.4. The Morgan fingerprint density at radius 1 is 1.07 bits per heavy atom. The van der Waals surface area contributed by atoms with Gasteiger partial charge in [-0.3, -0.25) is 4.79 Å². The van der Waals surface area contributed by atoms with E-state index in [9.17, 15) is 4.79 Å². The van der Waals surface area contributed by atoms with Gasteiger partial charge in [-0.1, -0.05) is 0 Å². The molecule has 2 aliphatic heterocycles. The van der Waals surface area contributed by atoms with Crippen LogP contribution in [0.25, 0.3) is 0 Å². The van der Waals surface area contributed by atoms with E-state index in [1.54, 1.807) is 0 Å². The molecule has 6 heteroatoms. The first kappa shape index (κ1) is 18.7. The third-order valence-corrected chi connectivity index (χ3v) is 7.04. The fraction of sp³-hybridized carbons (Fsp3) is 0.762. The van der Waals surface area contributed by atoms with Gasteiger partial charge in [-0.05, 0) is 71.9 Å². The molecule has 0 unspecified atom stereocenters. The van der Waals surface area contributed by atoms with E-state index in [0.717, 1.165) is 62.5 Å². The van der Waals surface area contributed by atoms with Crippen LogP contribution in [0.1, 0.15) is 60.4 Å². The second-order valence-electron chi connectivity index (χ2n) is 9.08. The van der Waals surface area contributed by atoms with Gasteiger partial charge in [0, 0.05) is 43.5 Å². The number of likely N-dealkylation sites (tertiary alicyclic amines) is 1. The molecule has 27 heavy (non-hydrogen) atoms. The Kier molecular flexibility index (Phi) is 4.87. The smallest absolute Gasteiger partial charge is 0.291 e. The van der Waals surface area contributed by atoms with Crippen LogP contribution in [0.4, 0.5) is 5.82 Å². The molecule has 1 amide bonds. The fourth-order valence-electron chi connectivity index (χ4n) is 4.65. The summed E-state index contributed by atoms with van der Waals surface area (Å²) >= 11 is 0. The van der Waals surface area contributed by atoms with Crippen LogP contribution in [-0.4, -0.2) is 72.0 Å². The number of hydrogen-bond donors (Lipinski definition) is 0. The lowest BCUT2D eigenvalue weighted by Gasteiger charge is -2.24. The quantitative estimate of drug-likeness (QED) is 0.818. The number of hydrogen-bond acceptors (Lipinski definition) is 5. The summed E-state index contributed by atoms with van der Waals surface area (Å²) in [5, 5.41) is 0. The van der Waals surface area contributed by atoms with Crippen molar-refractivity contribution in [3.05, 3.63) is 17.1 Å². The topological polar surface area (TPSA) is 52.6 Å². The molecule has 1 spiro atoms. The van der Waals surface area contributed by atoms with E-state index in [1.807, 2.05) is 11.8 Å². The maximum Gasteiger partial charge on any atom is 0.291 e. The molecule has 0 aromatic carbocycles. The second-order valence-corrected chi connectivity index (χ2v) is 9.08. The summed E-state index contributed by atoms with van der Waals surface area (Å²) in [6, 6.07) is 0.541. The normalized spacial score (nSPS) is 24.6. The molecule has 3 fully saturated rings. The monoisotopic (exact) mass is 371 g/mol. The van der Waals surface area contributed by atoms with E-state index in [0.29, 0.717) is 17.3 Å². The van der Waals surface area contributed by atoms with Gasteiger partial charge in [-0.2, -0.15) is 0 Å². The predicted octanol–water partition coefficient (Wildman–Crippen LogP) is 2.64. The minimum atomic E-state index is 0.0143. The molecule has 2 saturated heterocycles. The summed E-state index contributed by atoms with van der Waals surface area (Å²) in [6.07, 6.45) is 7.36. The minimum absolute atomic E-state index is 0.0143. The number of rotatable bonds is 3. The first-order chi connectivity index (χ1) is 12.9. The van der Waals surface area contributed by atoms with Gasteiger partial charge in [-0.25, -0.2) is 9.97 Å². The van der Waals surface area contributed by atoms with E-state index in [2.05, 4.69) is 35.8 Å². The molecule has 1 atom stereocenters. The summed E-state index contributed by atoms with van der Waals surface area (Å²) in [5.74, 6) is 1.34. The van der Waals surface area contributed by atoms with E-state index in [-0.39, 0.29) is 5.91 Å². The molecule has 0 N–H and O–H groups in total. The molecule has 1 aliphatic carbocycles. The van der Waals surface area contributed by atoms with Crippen LogP contribution >= 0.6 is 0 Å². The lowest BCUT2D eigenvalue weighted by Crippen LogP contribution is -2.35. The first-order valence-electron chi connectivity index (χ1n) is 10.4. The summed E-state index contributed by atoms with van der Waals surface area (Å²) in [4.78, 5) is 29.1. The van der Waals surface area contributed by atoms with Crippen molar-refractivity contribution in [3.8, 4) is 0 Å². The van der Waals surface area contributed by atoms with Gasteiger partial charge in [0.05, 0.1) is 0 Å². The second kappa shape index (κ2) is 7.04. The Hall–Kier alpha value is -1.69. The third-order valence-electron chi connectivity index (χ3n) is 7.04. The van der Waals surface area contributed by atoms with Crippen molar-refractivity contribution in [1.82, 2.24) is 19.8 Å². The van der Waals surface area contributed by atoms with Crippen molar-refractivity contribution in [2.45, 2.75) is 58.4 Å². The van der Waals surface area contributed by atoms with E-state index in [4.69, 9.17) is 4.98 Å². The average Bonchev–Trinajstić information content (AvgIpc) is 3.30. The number of aromatic nitrogens is 2. The highest BCUT2D eigenvalue weighted by atomic mass is 16.2. The predicted molar refractivity (Wildman–Crippen MR) is 107 cm³/mol. The standard InChI is InChI=1S/C21H33N5O/c1-15-16(2)22-18(23-19(15)26-12-6-17(14-26)24(3)4)20(27)25-11-5-7-21(8-9-21)10-13-25/h17H,5-14H2,1-4H3/t17-/m1/s1. The highest BCUT2D eigenvalue weighted by molar-refractivity contribution is 5.91. The van der Waals surface area contributed by atoms with Gasteiger partial charge in [0.2, 0.25) is 5.82 Å². The van der Waals surface area contributed by atoms with Crippen molar-refractivity contribution in [2.24, 2.45) is 5.41 Å². The molecular formula is C21H33N5O. The Bertz CT molecular complexity index is 728. The molecule has 6 nitrogen and oxygen atoms in total. The van der Waals surface area contributed by atoms with Crippen LogP contribution in [0.15, 0.2) is 0 Å². The van der Waals surface area contributed by atoms with Gasteiger partial charge in [0.25, 0.3) is 5.91 Å². The maximum absolute atomic E-state index is 13.2. The summed E-state index contributed by atoms with van der Waals surface area (Å²) in [7, 11) is 4.26. The zero-order valence-electron chi connectivity index (χ0n) is 17.3. The van der Waals surface area contributed by atoms with E-state index < -0.39 is 0 Å². The highest BCUT2D eigenvalue weighted by Crippen LogP contribution is 2.53. The largest absolute Gasteiger partial charge is 0.355 e. The van der Waals surface area contributed by atoms with Crippen LogP contribution in [0.2, 0.25) is 0 Å². The Labute approximate surface area is 162 Å². The minimum Gasteiger partial charge on any atom is -0.355 e. The van der Waals surface area contributed by atoms with Gasteiger partial charge in [-0.15, -0.1) is 0 Å². The number of aryl methyl sites for hydroxylation is 1. The molecule has 0 bridgehead atoms. The van der Waals surface area contributed by atoms with Crippen molar-refractivity contribution >= 4 is 11.7 Å². The molecule has 3 heterocycles. The molecule has 1 saturated carbocycles. The Morgan fingerprint density at radius 2 is 1.85 bits per heavy atom. The zero-order valence-corrected chi connectivity index (χ0v) is 17.3. The van der Waals surface area contributed by atoms with Gasteiger partial charge in [0.1, 0.15) is 5.82 Å². The summed E-state index contributed by atoms with van der Waals surface area (Å²) in [6.45, 7) is 7.72. The Morgan fingerprint density at radius 3 is 2.52 bits per heavy atom. The third kappa shape index (κ3) is 3.68.